The second-order valence-corrected chi connectivity index (χ2v) is 6.84. The molecule has 4 N–H and O–H groups in total. The van der Waals surface area contributed by atoms with Crippen LogP contribution in [0.2, 0.25) is 0 Å². The van der Waals surface area contributed by atoms with Crippen LogP contribution in [-0.4, -0.2) is 24.4 Å². The van der Waals surface area contributed by atoms with Gasteiger partial charge in [-0.2, -0.15) is 0 Å². The van der Waals surface area contributed by atoms with Gasteiger partial charge in [0.15, 0.2) is 0 Å². The van der Waals surface area contributed by atoms with E-state index in [-0.39, 0.29) is 30.2 Å². The highest BCUT2D eigenvalue weighted by atomic mass is 16.2. The van der Waals surface area contributed by atoms with Gasteiger partial charge in [0.25, 0.3) is 0 Å². The van der Waals surface area contributed by atoms with E-state index in [0.717, 1.165) is 11.3 Å². The number of urea groups is 1. The molecule has 29 heavy (non-hydrogen) atoms. The van der Waals surface area contributed by atoms with Crippen LogP contribution < -0.4 is 21.3 Å². The van der Waals surface area contributed by atoms with Crippen LogP contribution in [0.15, 0.2) is 61.2 Å². The van der Waals surface area contributed by atoms with Gasteiger partial charge in [0.2, 0.25) is 11.8 Å². The zero-order valence-electron chi connectivity index (χ0n) is 16.0. The molecule has 2 aromatic carbocycles. The molecule has 4 amide bonds. The Bertz CT molecular complexity index is 909. The van der Waals surface area contributed by atoms with Crippen LogP contribution in [0.1, 0.15) is 18.4 Å². The molecule has 0 aliphatic carbocycles. The summed E-state index contributed by atoms with van der Waals surface area (Å²) in [5, 5.41) is 11.0. The van der Waals surface area contributed by atoms with Crippen molar-refractivity contribution in [2.45, 2.75) is 19.3 Å². The molecule has 1 aliphatic heterocycles. The molecule has 0 bridgehead atoms. The molecule has 0 aromatic heterocycles. The molecule has 0 radical (unpaired) electrons. The SMILES string of the molecule is C=CCNC(=O)Nc1ccc(NC(=O)CCC2Cc3ccccc3NC2=O)cc1. The number of rotatable bonds is 7. The smallest absolute Gasteiger partial charge is 0.319 e. The number of hydrogen-bond donors (Lipinski definition) is 4. The minimum absolute atomic E-state index is 0.0401. The van der Waals surface area contributed by atoms with Crippen molar-refractivity contribution in [1.29, 1.82) is 0 Å². The van der Waals surface area contributed by atoms with E-state index < -0.39 is 0 Å². The van der Waals surface area contributed by atoms with E-state index in [2.05, 4.69) is 27.8 Å². The molecule has 1 atom stereocenters. The second kappa shape index (κ2) is 9.54. The second-order valence-electron chi connectivity index (χ2n) is 6.84. The minimum atomic E-state index is -0.325. The first-order valence-corrected chi connectivity index (χ1v) is 9.49. The number of carbonyl (C=O) groups excluding carboxylic acids is 3. The van der Waals surface area contributed by atoms with Gasteiger partial charge in [-0.05, 0) is 48.7 Å². The topological polar surface area (TPSA) is 99.3 Å². The van der Waals surface area contributed by atoms with Gasteiger partial charge in [0.1, 0.15) is 0 Å². The summed E-state index contributed by atoms with van der Waals surface area (Å²) in [6, 6.07) is 14.2. The number of hydrogen-bond acceptors (Lipinski definition) is 3. The Hall–Kier alpha value is -3.61. The predicted octanol–water partition coefficient (Wildman–Crippen LogP) is 3.52. The van der Waals surface area contributed by atoms with E-state index in [9.17, 15) is 14.4 Å². The summed E-state index contributed by atoms with van der Waals surface area (Å²) < 4.78 is 0. The molecule has 7 heteroatoms. The number of amides is 4. The highest BCUT2D eigenvalue weighted by molar-refractivity contribution is 5.97. The molecule has 1 heterocycles. The van der Waals surface area contributed by atoms with E-state index in [1.807, 2.05) is 24.3 Å². The molecule has 150 valence electrons. The summed E-state index contributed by atoms with van der Waals surface area (Å²) in [7, 11) is 0. The average Bonchev–Trinajstić information content (AvgIpc) is 2.72. The molecule has 7 nitrogen and oxygen atoms in total. The predicted molar refractivity (Wildman–Crippen MR) is 114 cm³/mol. The number of carbonyl (C=O) groups is 3. The number of fused-ring (bicyclic) bond motifs is 1. The Morgan fingerprint density at radius 3 is 2.48 bits per heavy atom. The third-order valence-electron chi connectivity index (χ3n) is 4.67. The minimum Gasteiger partial charge on any atom is -0.334 e. The summed E-state index contributed by atoms with van der Waals surface area (Å²) in [5.41, 5.74) is 3.19. The number of benzene rings is 2. The Balaban J connectivity index is 1.46. The van der Waals surface area contributed by atoms with Gasteiger partial charge in [0, 0.05) is 35.9 Å². The van der Waals surface area contributed by atoms with Crippen molar-refractivity contribution in [3.8, 4) is 0 Å². The van der Waals surface area contributed by atoms with Crippen molar-refractivity contribution < 1.29 is 14.4 Å². The standard InChI is InChI=1S/C22H24N4O3/c1-2-13-23-22(29)25-18-10-8-17(9-11-18)24-20(27)12-7-16-14-15-5-3-4-6-19(15)26-21(16)28/h2-6,8-11,16H,1,7,12-14H2,(H,24,27)(H,26,28)(H2,23,25,29). The Morgan fingerprint density at radius 2 is 1.76 bits per heavy atom. The summed E-state index contributed by atoms with van der Waals surface area (Å²) >= 11 is 0. The Kier molecular flexibility index (Phi) is 6.63. The fourth-order valence-electron chi connectivity index (χ4n) is 3.15. The van der Waals surface area contributed by atoms with Gasteiger partial charge in [-0.1, -0.05) is 24.3 Å². The van der Waals surface area contributed by atoms with Crippen molar-refractivity contribution in [1.82, 2.24) is 5.32 Å². The molecular formula is C22H24N4O3. The lowest BCUT2D eigenvalue weighted by atomic mass is 9.89. The van der Waals surface area contributed by atoms with Crippen LogP contribution in [0.25, 0.3) is 0 Å². The van der Waals surface area contributed by atoms with Crippen molar-refractivity contribution in [2.24, 2.45) is 5.92 Å². The quantitative estimate of drug-likeness (QED) is 0.543. The van der Waals surface area contributed by atoms with Crippen LogP contribution in [0.4, 0.5) is 21.9 Å². The maximum atomic E-state index is 12.3. The molecule has 2 aromatic rings. The van der Waals surface area contributed by atoms with Crippen molar-refractivity contribution >= 4 is 34.9 Å². The molecule has 0 spiro atoms. The number of para-hydroxylation sites is 1. The lowest BCUT2D eigenvalue weighted by Gasteiger charge is -2.24. The fourth-order valence-corrected chi connectivity index (χ4v) is 3.15. The van der Waals surface area contributed by atoms with E-state index in [0.29, 0.717) is 30.8 Å². The summed E-state index contributed by atoms with van der Waals surface area (Å²) in [5.74, 6) is -0.404. The first-order chi connectivity index (χ1) is 14.0. The van der Waals surface area contributed by atoms with Gasteiger partial charge >= 0.3 is 6.03 Å². The highest BCUT2D eigenvalue weighted by Crippen LogP contribution is 2.27. The van der Waals surface area contributed by atoms with Crippen LogP contribution in [0.3, 0.4) is 0 Å². The molecule has 1 unspecified atom stereocenters. The Labute approximate surface area is 169 Å². The molecular weight excluding hydrogens is 368 g/mol. The van der Waals surface area contributed by atoms with Crippen LogP contribution >= 0.6 is 0 Å². The molecule has 3 rings (SSSR count). The van der Waals surface area contributed by atoms with Crippen molar-refractivity contribution in [2.75, 3.05) is 22.5 Å². The third-order valence-corrected chi connectivity index (χ3v) is 4.67. The largest absolute Gasteiger partial charge is 0.334 e. The van der Waals surface area contributed by atoms with E-state index >= 15 is 0 Å². The fraction of sp³-hybridized carbons (Fsp3) is 0.227. The highest BCUT2D eigenvalue weighted by Gasteiger charge is 2.26. The molecule has 0 saturated heterocycles. The number of anilines is 3. The third kappa shape index (κ3) is 5.68. The van der Waals surface area contributed by atoms with E-state index in [4.69, 9.17) is 0 Å². The maximum Gasteiger partial charge on any atom is 0.319 e. The van der Waals surface area contributed by atoms with E-state index in [1.54, 1.807) is 30.3 Å². The molecule has 0 saturated carbocycles. The van der Waals surface area contributed by atoms with Gasteiger partial charge in [-0.15, -0.1) is 6.58 Å². The normalized spacial score (nSPS) is 14.9. The summed E-state index contributed by atoms with van der Waals surface area (Å²) in [6.07, 6.45) is 2.97. The Morgan fingerprint density at radius 1 is 1.07 bits per heavy atom. The summed E-state index contributed by atoms with van der Waals surface area (Å²) in [4.78, 5) is 36.1. The first-order valence-electron chi connectivity index (χ1n) is 9.49. The van der Waals surface area contributed by atoms with E-state index in [1.165, 1.54) is 0 Å². The van der Waals surface area contributed by atoms with Crippen LogP contribution in [0, 0.1) is 5.92 Å². The summed E-state index contributed by atoms with van der Waals surface area (Å²) in [6.45, 7) is 3.91. The molecule has 1 aliphatic rings. The van der Waals surface area contributed by atoms with Gasteiger partial charge < -0.3 is 21.3 Å². The first kappa shape index (κ1) is 20.1. The monoisotopic (exact) mass is 392 g/mol. The average molecular weight is 392 g/mol. The van der Waals surface area contributed by atoms with Gasteiger partial charge in [-0.3, -0.25) is 9.59 Å². The van der Waals surface area contributed by atoms with Gasteiger partial charge in [0.05, 0.1) is 0 Å². The van der Waals surface area contributed by atoms with Crippen LogP contribution in [-0.2, 0) is 16.0 Å². The maximum absolute atomic E-state index is 12.3. The number of nitrogens with one attached hydrogen (secondary N) is 4. The molecule has 0 fully saturated rings. The zero-order chi connectivity index (χ0) is 20.6. The van der Waals surface area contributed by atoms with Gasteiger partial charge in [-0.25, -0.2) is 4.79 Å². The van der Waals surface area contributed by atoms with Crippen molar-refractivity contribution in [3.63, 3.8) is 0 Å². The van der Waals surface area contributed by atoms with Crippen LogP contribution in [0.5, 0.6) is 0 Å². The van der Waals surface area contributed by atoms with Crippen molar-refractivity contribution in [3.05, 3.63) is 66.7 Å². The lowest BCUT2D eigenvalue weighted by Crippen LogP contribution is -2.30. The zero-order valence-corrected chi connectivity index (χ0v) is 16.0. The lowest BCUT2D eigenvalue weighted by molar-refractivity contribution is -0.121.